The first-order valence-corrected chi connectivity index (χ1v) is 10.2. The molecule has 1 saturated heterocycles. The summed E-state index contributed by atoms with van der Waals surface area (Å²) in [4.78, 5) is 0. The number of benzene rings is 1. The van der Waals surface area contributed by atoms with Gasteiger partial charge in [0, 0.05) is 0 Å². The largest absolute Gasteiger partial charge is 0.349 e. The van der Waals surface area contributed by atoms with Gasteiger partial charge in [-0.2, -0.15) is 0 Å². The minimum atomic E-state index is -0.427. The van der Waals surface area contributed by atoms with Gasteiger partial charge in [-0.25, -0.2) is 0 Å². The molecule has 0 atom stereocenters. The van der Waals surface area contributed by atoms with Crippen molar-refractivity contribution in [1.29, 1.82) is 0 Å². The Balaban J connectivity index is 1.57. The van der Waals surface area contributed by atoms with Crippen molar-refractivity contribution in [3.05, 3.63) is 35.4 Å². The first kappa shape index (κ1) is 20.4. The van der Waals surface area contributed by atoms with Crippen LogP contribution in [-0.4, -0.2) is 31.6 Å². The highest BCUT2D eigenvalue weighted by atomic mass is 16.7. The van der Waals surface area contributed by atoms with Crippen LogP contribution in [-0.2, 0) is 22.3 Å². The van der Waals surface area contributed by atoms with Gasteiger partial charge in [-0.15, -0.1) is 0 Å². The van der Waals surface area contributed by atoms with Crippen molar-refractivity contribution in [1.82, 2.24) is 5.32 Å². The van der Waals surface area contributed by atoms with Crippen LogP contribution in [0.4, 0.5) is 0 Å². The molecule has 25 heavy (non-hydrogen) atoms. The van der Waals surface area contributed by atoms with E-state index in [-0.39, 0.29) is 0 Å². The molecule has 1 aliphatic heterocycles. The quantitative estimate of drug-likeness (QED) is 0.579. The lowest BCUT2D eigenvalue weighted by Gasteiger charge is -2.35. The summed E-state index contributed by atoms with van der Waals surface area (Å²) in [6.07, 6.45) is 10.5. The topological polar surface area (TPSA) is 30.5 Å². The monoisotopic (exact) mass is 347 g/mol. The fourth-order valence-corrected chi connectivity index (χ4v) is 3.21. The molecule has 0 radical (unpaired) electrons. The van der Waals surface area contributed by atoms with Gasteiger partial charge in [0.1, 0.15) is 0 Å². The van der Waals surface area contributed by atoms with E-state index >= 15 is 0 Å². The van der Waals surface area contributed by atoms with E-state index in [2.05, 4.69) is 36.5 Å². The second-order valence-electron chi connectivity index (χ2n) is 7.76. The summed E-state index contributed by atoms with van der Waals surface area (Å²) < 4.78 is 11.4. The maximum absolute atomic E-state index is 5.68. The lowest BCUT2D eigenvalue weighted by atomic mass is 10.0. The second-order valence-corrected chi connectivity index (χ2v) is 7.76. The van der Waals surface area contributed by atoms with Crippen LogP contribution in [0.1, 0.15) is 70.4 Å². The van der Waals surface area contributed by atoms with Crippen LogP contribution < -0.4 is 5.32 Å². The third-order valence-electron chi connectivity index (χ3n) is 4.95. The Morgan fingerprint density at radius 2 is 1.44 bits per heavy atom. The van der Waals surface area contributed by atoms with Crippen LogP contribution in [0.2, 0.25) is 0 Å². The molecule has 142 valence electrons. The molecular weight excluding hydrogens is 310 g/mol. The number of aryl methyl sites for hydroxylation is 1. The van der Waals surface area contributed by atoms with Gasteiger partial charge in [0.15, 0.2) is 5.79 Å². The molecule has 0 amide bonds. The summed E-state index contributed by atoms with van der Waals surface area (Å²) in [5, 5.41) is 3.53. The number of hydrogen-bond donors (Lipinski definition) is 1. The SMILES string of the molecule is CCCCCCCCc1ccc(CCNC2COC(C)(C)OC2)cc1. The maximum atomic E-state index is 5.68. The van der Waals surface area contributed by atoms with E-state index in [1.807, 2.05) is 13.8 Å². The van der Waals surface area contributed by atoms with E-state index in [0.29, 0.717) is 6.04 Å². The molecule has 1 aliphatic rings. The molecule has 2 rings (SSSR count). The summed E-state index contributed by atoms with van der Waals surface area (Å²) in [5.74, 6) is -0.427. The molecule has 0 aliphatic carbocycles. The summed E-state index contributed by atoms with van der Waals surface area (Å²) in [7, 11) is 0. The normalized spacial score (nSPS) is 17.7. The van der Waals surface area contributed by atoms with Crippen molar-refractivity contribution < 1.29 is 9.47 Å². The van der Waals surface area contributed by atoms with E-state index in [1.54, 1.807) is 0 Å². The molecular formula is C22H37NO2. The molecule has 0 saturated carbocycles. The van der Waals surface area contributed by atoms with Gasteiger partial charge in [0.2, 0.25) is 0 Å². The smallest absolute Gasteiger partial charge is 0.162 e. The van der Waals surface area contributed by atoms with Crippen LogP contribution >= 0.6 is 0 Å². The third-order valence-corrected chi connectivity index (χ3v) is 4.95. The minimum absolute atomic E-state index is 0.306. The van der Waals surface area contributed by atoms with Crippen molar-refractivity contribution in [2.45, 2.75) is 84.0 Å². The zero-order valence-corrected chi connectivity index (χ0v) is 16.5. The fraction of sp³-hybridized carbons (Fsp3) is 0.727. The van der Waals surface area contributed by atoms with Crippen molar-refractivity contribution in [2.24, 2.45) is 0 Å². The third kappa shape index (κ3) is 8.35. The molecule has 0 unspecified atom stereocenters. The van der Waals surface area contributed by atoms with Crippen LogP contribution in [0.25, 0.3) is 0 Å². The number of ether oxygens (including phenoxy) is 2. The van der Waals surface area contributed by atoms with Crippen LogP contribution in [0.15, 0.2) is 24.3 Å². The molecule has 0 aromatic heterocycles. The molecule has 1 aromatic rings. The molecule has 1 fully saturated rings. The molecule has 0 bridgehead atoms. The Hall–Kier alpha value is -0.900. The average molecular weight is 348 g/mol. The highest BCUT2D eigenvalue weighted by Crippen LogP contribution is 2.17. The summed E-state index contributed by atoms with van der Waals surface area (Å²) in [6, 6.07) is 9.48. The minimum Gasteiger partial charge on any atom is -0.349 e. The standard InChI is InChI=1S/C22H37NO2/c1-4-5-6-7-8-9-10-19-11-13-20(14-12-19)15-16-23-21-17-24-22(2,3)25-18-21/h11-14,21,23H,4-10,15-18H2,1-3H3. The van der Waals surface area contributed by atoms with Crippen molar-refractivity contribution in [3.63, 3.8) is 0 Å². The highest BCUT2D eigenvalue weighted by Gasteiger charge is 2.27. The number of rotatable bonds is 11. The summed E-state index contributed by atoms with van der Waals surface area (Å²) in [6.45, 7) is 8.63. The van der Waals surface area contributed by atoms with Crippen molar-refractivity contribution >= 4 is 0 Å². The second kappa shape index (κ2) is 10.9. The highest BCUT2D eigenvalue weighted by molar-refractivity contribution is 5.22. The molecule has 3 heteroatoms. The van der Waals surface area contributed by atoms with E-state index < -0.39 is 5.79 Å². The maximum Gasteiger partial charge on any atom is 0.162 e. The number of hydrogen-bond acceptors (Lipinski definition) is 3. The van der Waals surface area contributed by atoms with E-state index in [4.69, 9.17) is 9.47 Å². The first-order chi connectivity index (χ1) is 12.1. The van der Waals surface area contributed by atoms with Crippen LogP contribution in [0.3, 0.4) is 0 Å². The number of nitrogens with one attached hydrogen (secondary N) is 1. The van der Waals surface area contributed by atoms with E-state index in [9.17, 15) is 0 Å². The van der Waals surface area contributed by atoms with Crippen LogP contribution in [0.5, 0.6) is 0 Å². The lowest BCUT2D eigenvalue weighted by Crippen LogP contribution is -2.48. The predicted molar refractivity (Wildman–Crippen MR) is 105 cm³/mol. The molecule has 1 heterocycles. The zero-order chi connectivity index (χ0) is 18.0. The Morgan fingerprint density at radius 1 is 0.880 bits per heavy atom. The average Bonchev–Trinajstić information content (AvgIpc) is 2.61. The number of unbranched alkanes of at least 4 members (excludes halogenated alkanes) is 5. The Kier molecular flexibility index (Phi) is 8.94. The summed E-state index contributed by atoms with van der Waals surface area (Å²) >= 11 is 0. The van der Waals surface area contributed by atoms with Gasteiger partial charge in [0.25, 0.3) is 0 Å². The van der Waals surface area contributed by atoms with Gasteiger partial charge in [-0.3, -0.25) is 0 Å². The van der Waals surface area contributed by atoms with Crippen LogP contribution in [0, 0.1) is 0 Å². The molecule has 1 N–H and O–H groups in total. The fourth-order valence-electron chi connectivity index (χ4n) is 3.21. The van der Waals surface area contributed by atoms with Gasteiger partial charge in [-0.05, 0) is 50.8 Å². The molecule has 0 spiro atoms. The lowest BCUT2D eigenvalue weighted by molar-refractivity contribution is -0.252. The van der Waals surface area contributed by atoms with E-state index in [0.717, 1.165) is 26.2 Å². The Morgan fingerprint density at radius 3 is 2.08 bits per heavy atom. The first-order valence-electron chi connectivity index (χ1n) is 10.2. The van der Waals surface area contributed by atoms with Gasteiger partial charge < -0.3 is 14.8 Å². The van der Waals surface area contributed by atoms with Gasteiger partial charge >= 0.3 is 0 Å². The van der Waals surface area contributed by atoms with Gasteiger partial charge in [0.05, 0.1) is 19.3 Å². The van der Waals surface area contributed by atoms with E-state index in [1.165, 1.54) is 56.1 Å². The van der Waals surface area contributed by atoms with Crippen molar-refractivity contribution in [2.75, 3.05) is 19.8 Å². The molecule has 1 aromatic carbocycles. The zero-order valence-electron chi connectivity index (χ0n) is 16.5. The molecule has 3 nitrogen and oxygen atoms in total. The van der Waals surface area contributed by atoms with Gasteiger partial charge in [-0.1, -0.05) is 63.3 Å². The van der Waals surface area contributed by atoms with Crippen molar-refractivity contribution in [3.8, 4) is 0 Å². The Labute approximate surface area is 154 Å². The Bertz CT molecular complexity index is 459. The summed E-state index contributed by atoms with van der Waals surface area (Å²) in [5.41, 5.74) is 2.88. The predicted octanol–water partition coefficient (Wildman–Crippen LogP) is 4.87.